The molecule has 0 radical (unpaired) electrons. The quantitative estimate of drug-likeness (QED) is 0.605. The third kappa shape index (κ3) is 4.58. The number of nitrogen functional groups attached to an aromatic ring is 1. The first-order valence-electron chi connectivity index (χ1n) is 5.26. The monoisotopic (exact) mass is 272 g/mol. The number of pyridine rings is 1. The molecule has 0 aliphatic carbocycles. The van der Waals surface area contributed by atoms with Crippen molar-refractivity contribution in [2.24, 2.45) is 5.73 Å². The number of carbonyl (C=O) groups is 1. The molecule has 0 saturated carbocycles. The standard InChI is InChI=1S/C10H16N4O3S/c1-18(16,17)4-2-3-13-10-8(9(12)15)5-7(11)6-14-10/h5-6H,2-4,11H2,1H3,(H2,12,15)(H,13,14). The summed E-state index contributed by atoms with van der Waals surface area (Å²) in [6, 6.07) is 1.42. The van der Waals surface area contributed by atoms with E-state index in [4.69, 9.17) is 11.5 Å². The highest BCUT2D eigenvalue weighted by Crippen LogP contribution is 2.14. The van der Waals surface area contributed by atoms with Gasteiger partial charge < -0.3 is 16.8 Å². The van der Waals surface area contributed by atoms with Crippen LogP contribution in [0.1, 0.15) is 16.8 Å². The molecular weight excluding hydrogens is 256 g/mol. The van der Waals surface area contributed by atoms with E-state index in [1.807, 2.05) is 0 Å². The van der Waals surface area contributed by atoms with Gasteiger partial charge in [-0.2, -0.15) is 0 Å². The van der Waals surface area contributed by atoms with Crippen LogP contribution in [-0.2, 0) is 9.84 Å². The second-order valence-electron chi connectivity index (χ2n) is 3.94. The lowest BCUT2D eigenvalue weighted by Gasteiger charge is -2.09. The Morgan fingerprint density at radius 1 is 1.50 bits per heavy atom. The van der Waals surface area contributed by atoms with Gasteiger partial charge in [0.1, 0.15) is 15.7 Å². The number of sulfone groups is 1. The Hall–Kier alpha value is -1.83. The van der Waals surface area contributed by atoms with Gasteiger partial charge in [0, 0.05) is 12.8 Å². The van der Waals surface area contributed by atoms with Gasteiger partial charge in [0.2, 0.25) is 0 Å². The number of nitrogens with two attached hydrogens (primary N) is 2. The van der Waals surface area contributed by atoms with Crippen LogP contribution in [0.25, 0.3) is 0 Å². The number of amides is 1. The molecule has 1 rings (SSSR count). The Kier molecular flexibility index (Phi) is 4.49. The highest BCUT2D eigenvalue weighted by atomic mass is 32.2. The van der Waals surface area contributed by atoms with E-state index in [2.05, 4.69) is 10.3 Å². The van der Waals surface area contributed by atoms with Crippen LogP contribution in [-0.4, -0.2) is 37.9 Å². The highest BCUT2D eigenvalue weighted by Gasteiger charge is 2.10. The van der Waals surface area contributed by atoms with Gasteiger partial charge in [-0.25, -0.2) is 13.4 Å². The molecule has 1 aromatic rings. The van der Waals surface area contributed by atoms with Crippen LogP contribution in [0, 0.1) is 0 Å². The summed E-state index contributed by atoms with van der Waals surface area (Å²) in [5.74, 6) is -0.258. The van der Waals surface area contributed by atoms with E-state index < -0.39 is 15.7 Å². The SMILES string of the molecule is CS(=O)(=O)CCCNc1ncc(N)cc1C(N)=O. The molecule has 7 nitrogen and oxygen atoms in total. The predicted octanol–water partition coefficient (Wildman–Crippen LogP) is -0.391. The summed E-state index contributed by atoms with van der Waals surface area (Å²) in [7, 11) is -2.98. The molecule has 0 aromatic carbocycles. The van der Waals surface area contributed by atoms with E-state index in [0.29, 0.717) is 24.5 Å². The van der Waals surface area contributed by atoms with Gasteiger partial charge in [-0.1, -0.05) is 0 Å². The summed E-state index contributed by atoms with van der Waals surface area (Å²) >= 11 is 0. The van der Waals surface area contributed by atoms with E-state index >= 15 is 0 Å². The van der Waals surface area contributed by atoms with Crippen molar-refractivity contribution in [3.05, 3.63) is 17.8 Å². The minimum Gasteiger partial charge on any atom is -0.397 e. The van der Waals surface area contributed by atoms with Crippen LogP contribution in [0.15, 0.2) is 12.3 Å². The maximum absolute atomic E-state index is 11.2. The topological polar surface area (TPSA) is 128 Å². The van der Waals surface area contributed by atoms with Crippen molar-refractivity contribution < 1.29 is 13.2 Å². The zero-order chi connectivity index (χ0) is 13.8. The van der Waals surface area contributed by atoms with Gasteiger partial charge in [-0.15, -0.1) is 0 Å². The number of hydrogen-bond acceptors (Lipinski definition) is 6. The zero-order valence-corrected chi connectivity index (χ0v) is 10.8. The van der Waals surface area contributed by atoms with Crippen LogP contribution in [0.5, 0.6) is 0 Å². The number of carbonyl (C=O) groups excluding carboxylic acids is 1. The summed E-state index contributed by atoms with van der Waals surface area (Å²) in [6.07, 6.45) is 2.98. The molecule has 0 saturated heterocycles. The lowest BCUT2D eigenvalue weighted by Crippen LogP contribution is -2.17. The molecule has 1 heterocycles. The zero-order valence-electron chi connectivity index (χ0n) is 10.0. The maximum atomic E-state index is 11.2. The molecule has 100 valence electrons. The Balaban J connectivity index is 2.65. The summed E-state index contributed by atoms with van der Waals surface area (Å²) in [6.45, 7) is 0.379. The summed E-state index contributed by atoms with van der Waals surface area (Å²) < 4.78 is 21.9. The smallest absolute Gasteiger partial charge is 0.252 e. The molecule has 0 aliphatic rings. The van der Waals surface area contributed by atoms with Crippen molar-refractivity contribution in [2.45, 2.75) is 6.42 Å². The molecule has 0 bridgehead atoms. The van der Waals surface area contributed by atoms with Crippen molar-refractivity contribution in [3.63, 3.8) is 0 Å². The Morgan fingerprint density at radius 2 is 2.17 bits per heavy atom. The third-order valence-corrected chi connectivity index (χ3v) is 3.19. The van der Waals surface area contributed by atoms with E-state index in [1.54, 1.807) is 0 Å². The van der Waals surface area contributed by atoms with Gasteiger partial charge in [-0.3, -0.25) is 4.79 Å². The molecule has 1 aromatic heterocycles. The Bertz CT molecular complexity index is 542. The molecule has 0 spiro atoms. The minimum absolute atomic E-state index is 0.0703. The van der Waals surface area contributed by atoms with Crippen molar-refractivity contribution >= 4 is 27.2 Å². The minimum atomic E-state index is -2.98. The van der Waals surface area contributed by atoms with E-state index in [9.17, 15) is 13.2 Å². The summed E-state index contributed by atoms with van der Waals surface area (Å²) in [5, 5.41) is 2.86. The van der Waals surface area contributed by atoms with E-state index in [1.165, 1.54) is 18.5 Å². The van der Waals surface area contributed by atoms with Crippen molar-refractivity contribution in [2.75, 3.05) is 29.6 Å². The average molecular weight is 272 g/mol. The number of nitrogens with zero attached hydrogens (tertiary/aromatic N) is 1. The fourth-order valence-electron chi connectivity index (χ4n) is 1.35. The van der Waals surface area contributed by atoms with Gasteiger partial charge in [0.15, 0.2) is 0 Å². The summed E-state index contributed by atoms with van der Waals surface area (Å²) in [5.41, 5.74) is 11.2. The van der Waals surface area contributed by atoms with Crippen LogP contribution in [0.2, 0.25) is 0 Å². The van der Waals surface area contributed by atoms with Crippen LogP contribution in [0.3, 0.4) is 0 Å². The maximum Gasteiger partial charge on any atom is 0.252 e. The Morgan fingerprint density at radius 3 is 2.72 bits per heavy atom. The number of rotatable bonds is 6. The largest absolute Gasteiger partial charge is 0.397 e. The molecule has 5 N–H and O–H groups in total. The Labute approximate surface area is 105 Å². The molecule has 18 heavy (non-hydrogen) atoms. The van der Waals surface area contributed by atoms with Gasteiger partial charge >= 0.3 is 0 Å². The fraction of sp³-hybridized carbons (Fsp3) is 0.400. The molecule has 8 heteroatoms. The predicted molar refractivity (Wildman–Crippen MR) is 70.0 cm³/mol. The molecule has 1 amide bonds. The van der Waals surface area contributed by atoms with E-state index in [0.717, 1.165) is 0 Å². The lowest BCUT2D eigenvalue weighted by atomic mass is 10.2. The lowest BCUT2D eigenvalue weighted by molar-refractivity contribution is 0.100. The molecule has 0 atom stereocenters. The van der Waals surface area contributed by atoms with Crippen molar-refractivity contribution in [1.29, 1.82) is 0 Å². The molecule has 0 aliphatic heterocycles. The number of nitrogens with one attached hydrogen (secondary N) is 1. The number of aromatic nitrogens is 1. The highest BCUT2D eigenvalue weighted by molar-refractivity contribution is 7.90. The fourth-order valence-corrected chi connectivity index (χ4v) is 2.02. The van der Waals surface area contributed by atoms with Crippen LogP contribution < -0.4 is 16.8 Å². The third-order valence-electron chi connectivity index (χ3n) is 2.16. The number of anilines is 2. The van der Waals surface area contributed by atoms with Gasteiger partial charge in [-0.05, 0) is 12.5 Å². The molecule has 0 fully saturated rings. The molecule has 0 unspecified atom stereocenters. The number of primary amides is 1. The first kappa shape index (κ1) is 14.2. The van der Waals surface area contributed by atoms with Crippen LogP contribution >= 0.6 is 0 Å². The number of hydrogen-bond donors (Lipinski definition) is 3. The first-order valence-corrected chi connectivity index (χ1v) is 7.32. The van der Waals surface area contributed by atoms with Gasteiger partial charge in [0.25, 0.3) is 5.91 Å². The first-order chi connectivity index (χ1) is 8.29. The second-order valence-corrected chi connectivity index (χ2v) is 6.20. The van der Waals surface area contributed by atoms with E-state index in [-0.39, 0.29) is 11.3 Å². The van der Waals surface area contributed by atoms with Crippen LogP contribution in [0.4, 0.5) is 11.5 Å². The van der Waals surface area contributed by atoms with Crippen molar-refractivity contribution in [1.82, 2.24) is 4.98 Å². The van der Waals surface area contributed by atoms with Gasteiger partial charge in [0.05, 0.1) is 23.2 Å². The average Bonchev–Trinajstić information content (AvgIpc) is 2.24. The summed E-state index contributed by atoms with van der Waals surface area (Å²) in [4.78, 5) is 15.1. The van der Waals surface area contributed by atoms with Crippen molar-refractivity contribution in [3.8, 4) is 0 Å². The molecular formula is C10H16N4O3S. The normalized spacial score (nSPS) is 11.2. The second kappa shape index (κ2) is 5.67.